The molecule has 0 aromatic heterocycles. The smallest absolute Gasteiger partial charge is 0.223 e. The highest BCUT2D eigenvalue weighted by atomic mass is 16.2. The Bertz CT molecular complexity index is 214. The van der Waals surface area contributed by atoms with Crippen molar-refractivity contribution in [2.75, 3.05) is 6.54 Å². The minimum absolute atomic E-state index is 0.201. The van der Waals surface area contributed by atoms with Gasteiger partial charge in [0, 0.05) is 12.5 Å². The molecule has 1 aliphatic rings. The van der Waals surface area contributed by atoms with Gasteiger partial charge in [-0.2, -0.15) is 0 Å². The molecular weight excluding hydrogens is 174 g/mol. The predicted octanol–water partition coefficient (Wildman–Crippen LogP) is 2.67. The topological polar surface area (TPSA) is 29.1 Å². The summed E-state index contributed by atoms with van der Waals surface area (Å²) in [6.07, 6.45) is 5.78. The van der Waals surface area contributed by atoms with Crippen molar-refractivity contribution >= 4 is 5.91 Å². The molecule has 1 saturated carbocycles. The van der Waals surface area contributed by atoms with Crippen molar-refractivity contribution in [1.82, 2.24) is 5.32 Å². The van der Waals surface area contributed by atoms with Crippen LogP contribution in [0.2, 0.25) is 0 Å². The Kier molecular flexibility index (Phi) is 6.81. The summed E-state index contributed by atoms with van der Waals surface area (Å²) in [5.74, 6) is 0.508. The first kappa shape index (κ1) is 12.9. The zero-order valence-corrected chi connectivity index (χ0v) is 9.47. The largest absolute Gasteiger partial charge is 0.352 e. The van der Waals surface area contributed by atoms with Crippen molar-refractivity contribution in [2.24, 2.45) is 5.92 Å². The maximum atomic E-state index is 11.1. The van der Waals surface area contributed by atoms with Crippen LogP contribution in [-0.2, 0) is 4.79 Å². The second kappa shape index (κ2) is 7.36. The van der Waals surface area contributed by atoms with E-state index in [2.05, 4.69) is 11.9 Å². The monoisotopic (exact) mass is 195 g/mol. The van der Waals surface area contributed by atoms with Crippen LogP contribution in [0.4, 0.5) is 0 Å². The normalized spacial score (nSPS) is 15.2. The summed E-state index contributed by atoms with van der Waals surface area (Å²) in [5.41, 5.74) is 1.14. The van der Waals surface area contributed by atoms with Crippen LogP contribution >= 0.6 is 0 Å². The Morgan fingerprint density at radius 1 is 1.50 bits per heavy atom. The predicted molar refractivity (Wildman–Crippen MR) is 61.0 cm³/mol. The molecule has 0 aromatic rings. The molecule has 1 fully saturated rings. The molecular formula is C12H21NO. The van der Waals surface area contributed by atoms with Gasteiger partial charge in [-0.15, -0.1) is 0 Å². The van der Waals surface area contributed by atoms with Crippen molar-refractivity contribution in [3.8, 4) is 0 Å². The van der Waals surface area contributed by atoms with Gasteiger partial charge in [0.2, 0.25) is 5.91 Å². The molecule has 14 heavy (non-hydrogen) atoms. The van der Waals surface area contributed by atoms with Crippen LogP contribution in [0.5, 0.6) is 0 Å². The highest BCUT2D eigenvalue weighted by molar-refractivity contribution is 5.81. The number of nitrogens with one attached hydrogen (secondary N) is 1. The summed E-state index contributed by atoms with van der Waals surface area (Å²) in [5, 5.41) is 2.87. The zero-order valence-electron chi connectivity index (χ0n) is 9.47. The average Bonchev–Trinajstić information content (AvgIpc) is 3.01. The first-order valence-electron chi connectivity index (χ1n) is 5.30. The molecule has 1 N–H and O–H groups in total. The van der Waals surface area contributed by atoms with Gasteiger partial charge in [0.15, 0.2) is 0 Å². The quantitative estimate of drug-likeness (QED) is 0.686. The molecule has 0 heterocycles. The van der Waals surface area contributed by atoms with E-state index in [4.69, 9.17) is 0 Å². The SMILES string of the molecule is C=C/C=C(\C)CNC(=O)C1CC1.CC. The molecule has 0 saturated heterocycles. The molecule has 0 unspecified atom stereocenters. The van der Waals surface area contributed by atoms with Gasteiger partial charge in [0.05, 0.1) is 0 Å². The lowest BCUT2D eigenvalue weighted by atomic mass is 10.2. The highest BCUT2D eigenvalue weighted by Crippen LogP contribution is 2.28. The standard InChI is InChI=1S/C10H15NO.C2H6/c1-3-4-8(2)7-11-10(12)9-5-6-9;1-2/h3-4,9H,1,5-7H2,2H3,(H,11,12);1-2H3/b8-4+;. The zero-order chi connectivity index (χ0) is 11.0. The minimum atomic E-state index is 0.201. The first-order chi connectivity index (χ1) is 6.74. The van der Waals surface area contributed by atoms with Gasteiger partial charge >= 0.3 is 0 Å². The molecule has 1 aliphatic carbocycles. The minimum Gasteiger partial charge on any atom is -0.352 e. The molecule has 0 aromatic carbocycles. The van der Waals surface area contributed by atoms with Gasteiger partial charge in [-0.1, -0.05) is 38.2 Å². The lowest BCUT2D eigenvalue weighted by Crippen LogP contribution is -2.26. The van der Waals surface area contributed by atoms with E-state index in [0.29, 0.717) is 12.5 Å². The molecule has 2 nitrogen and oxygen atoms in total. The second-order valence-electron chi connectivity index (χ2n) is 3.24. The van der Waals surface area contributed by atoms with Gasteiger partial charge in [-0.3, -0.25) is 4.79 Å². The summed E-state index contributed by atoms with van der Waals surface area (Å²) in [6, 6.07) is 0. The van der Waals surface area contributed by atoms with Gasteiger partial charge in [-0.25, -0.2) is 0 Å². The summed E-state index contributed by atoms with van der Waals surface area (Å²) >= 11 is 0. The molecule has 0 bridgehead atoms. The van der Waals surface area contributed by atoms with E-state index in [0.717, 1.165) is 18.4 Å². The third-order valence-electron chi connectivity index (χ3n) is 1.89. The maximum Gasteiger partial charge on any atom is 0.223 e. The molecule has 1 rings (SSSR count). The lowest BCUT2D eigenvalue weighted by molar-refractivity contribution is -0.122. The Balaban J connectivity index is 0.000000791. The number of rotatable bonds is 4. The summed E-state index contributed by atoms with van der Waals surface area (Å²) in [6.45, 7) is 10.2. The van der Waals surface area contributed by atoms with Crippen LogP contribution in [-0.4, -0.2) is 12.5 Å². The number of hydrogen-bond donors (Lipinski definition) is 1. The van der Waals surface area contributed by atoms with E-state index >= 15 is 0 Å². The van der Waals surface area contributed by atoms with E-state index in [9.17, 15) is 4.79 Å². The van der Waals surface area contributed by atoms with Crippen LogP contribution < -0.4 is 5.32 Å². The fourth-order valence-corrected chi connectivity index (χ4v) is 0.977. The maximum absolute atomic E-state index is 11.1. The number of allylic oxidation sites excluding steroid dienone is 2. The Morgan fingerprint density at radius 2 is 2.07 bits per heavy atom. The van der Waals surface area contributed by atoms with Crippen LogP contribution in [0.15, 0.2) is 24.3 Å². The van der Waals surface area contributed by atoms with E-state index in [1.165, 1.54) is 0 Å². The average molecular weight is 195 g/mol. The number of carbonyl (C=O) groups excluding carboxylic acids is 1. The van der Waals surface area contributed by atoms with Crippen molar-refractivity contribution in [3.05, 3.63) is 24.3 Å². The fourth-order valence-electron chi connectivity index (χ4n) is 0.977. The summed E-state index contributed by atoms with van der Waals surface area (Å²) in [4.78, 5) is 11.1. The van der Waals surface area contributed by atoms with Crippen molar-refractivity contribution in [1.29, 1.82) is 0 Å². The van der Waals surface area contributed by atoms with Crippen LogP contribution in [0.25, 0.3) is 0 Å². The van der Waals surface area contributed by atoms with Crippen LogP contribution in [0, 0.1) is 5.92 Å². The molecule has 80 valence electrons. The van der Waals surface area contributed by atoms with Crippen molar-refractivity contribution in [2.45, 2.75) is 33.6 Å². The lowest BCUT2D eigenvalue weighted by Gasteiger charge is -2.02. The molecule has 2 heteroatoms. The molecule has 0 aliphatic heterocycles. The second-order valence-corrected chi connectivity index (χ2v) is 3.24. The van der Waals surface area contributed by atoms with Gasteiger partial charge in [0.25, 0.3) is 0 Å². The van der Waals surface area contributed by atoms with Crippen LogP contribution in [0.1, 0.15) is 33.6 Å². The molecule has 1 amide bonds. The number of hydrogen-bond acceptors (Lipinski definition) is 1. The van der Waals surface area contributed by atoms with E-state index in [1.807, 2.05) is 26.8 Å². The Hall–Kier alpha value is -1.05. The third kappa shape index (κ3) is 5.57. The molecule has 0 atom stereocenters. The van der Waals surface area contributed by atoms with Gasteiger partial charge in [-0.05, 0) is 19.8 Å². The molecule has 0 radical (unpaired) electrons. The van der Waals surface area contributed by atoms with E-state index in [-0.39, 0.29) is 5.91 Å². The van der Waals surface area contributed by atoms with Gasteiger partial charge < -0.3 is 5.32 Å². The van der Waals surface area contributed by atoms with Crippen molar-refractivity contribution < 1.29 is 4.79 Å². The molecule has 0 spiro atoms. The summed E-state index contributed by atoms with van der Waals surface area (Å²) in [7, 11) is 0. The van der Waals surface area contributed by atoms with Crippen molar-refractivity contribution in [3.63, 3.8) is 0 Å². The third-order valence-corrected chi connectivity index (χ3v) is 1.89. The van der Waals surface area contributed by atoms with E-state index in [1.54, 1.807) is 6.08 Å². The Morgan fingerprint density at radius 3 is 2.50 bits per heavy atom. The van der Waals surface area contributed by atoms with Crippen LogP contribution in [0.3, 0.4) is 0 Å². The van der Waals surface area contributed by atoms with E-state index < -0.39 is 0 Å². The Labute approximate surface area is 87.1 Å². The highest BCUT2D eigenvalue weighted by Gasteiger charge is 2.28. The fraction of sp³-hybridized carbons (Fsp3) is 0.583. The first-order valence-corrected chi connectivity index (χ1v) is 5.30. The van der Waals surface area contributed by atoms with Gasteiger partial charge in [0.1, 0.15) is 0 Å². The number of carbonyl (C=O) groups is 1. The number of amides is 1. The summed E-state index contributed by atoms with van der Waals surface area (Å²) < 4.78 is 0.